The van der Waals surface area contributed by atoms with E-state index in [1.165, 1.54) is 37.0 Å². The van der Waals surface area contributed by atoms with Crippen LogP contribution in [0.15, 0.2) is 6.07 Å². The molecule has 7 nitrogen and oxygen atoms in total. The molecule has 1 aromatic rings. The first-order valence-electron chi connectivity index (χ1n) is 14.9. The lowest BCUT2D eigenvalue weighted by molar-refractivity contribution is -0.0121. The lowest BCUT2D eigenvalue weighted by Gasteiger charge is -2.42. The minimum Gasteiger partial charge on any atom is -0.477 e. The van der Waals surface area contributed by atoms with E-state index < -0.39 is 5.97 Å². The Balaban J connectivity index is 1.52. The first kappa shape index (κ1) is 29.7. The maximum absolute atomic E-state index is 12.8. The highest BCUT2D eigenvalue weighted by molar-refractivity contribution is 7.15. The summed E-state index contributed by atoms with van der Waals surface area (Å²) in [5.74, 6) is 7.04. The van der Waals surface area contributed by atoms with E-state index in [4.69, 9.17) is 9.47 Å². The van der Waals surface area contributed by atoms with Crippen molar-refractivity contribution in [2.75, 3.05) is 37.7 Å². The van der Waals surface area contributed by atoms with Crippen molar-refractivity contribution in [2.45, 2.75) is 97.6 Å². The summed E-state index contributed by atoms with van der Waals surface area (Å²) in [4.78, 5) is 30.6. The van der Waals surface area contributed by atoms with Crippen LogP contribution in [-0.4, -0.2) is 67.1 Å². The summed E-state index contributed by atoms with van der Waals surface area (Å²) < 4.78 is 11.1. The number of anilines is 1. The molecule has 0 bridgehead atoms. The van der Waals surface area contributed by atoms with Crippen LogP contribution in [0, 0.1) is 29.1 Å². The van der Waals surface area contributed by atoms with Crippen molar-refractivity contribution >= 4 is 29.1 Å². The Morgan fingerprint density at radius 2 is 1.79 bits per heavy atom. The van der Waals surface area contributed by atoms with Crippen molar-refractivity contribution < 1.29 is 24.2 Å². The van der Waals surface area contributed by atoms with Crippen LogP contribution in [-0.2, 0) is 9.47 Å². The number of rotatable bonds is 7. The number of amides is 1. The summed E-state index contributed by atoms with van der Waals surface area (Å²) in [6, 6.07) is 2.18. The molecule has 0 atom stereocenters. The fourth-order valence-corrected chi connectivity index (χ4v) is 6.59. The molecule has 8 heteroatoms. The van der Waals surface area contributed by atoms with E-state index >= 15 is 0 Å². The summed E-state index contributed by atoms with van der Waals surface area (Å²) in [6.07, 6.45) is 8.57. The van der Waals surface area contributed by atoms with E-state index in [0.29, 0.717) is 37.1 Å². The number of aromatic carboxylic acids is 1. The van der Waals surface area contributed by atoms with Gasteiger partial charge in [-0.05, 0) is 63.9 Å². The Kier molecular flexibility index (Phi) is 10.2. The van der Waals surface area contributed by atoms with Gasteiger partial charge in [-0.1, -0.05) is 38.5 Å². The average Bonchev–Trinajstić information content (AvgIpc) is 3.37. The third-order valence-electron chi connectivity index (χ3n) is 8.81. The molecule has 1 amide bonds. The molecule has 2 aliphatic heterocycles. The lowest BCUT2D eigenvalue weighted by Crippen LogP contribution is -2.49. The van der Waals surface area contributed by atoms with Crippen molar-refractivity contribution in [3.05, 3.63) is 15.8 Å². The summed E-state index contributed by atoms with van der Waals surface area (Å²) in [7, 11) is 0. The predicted octanol–water partition coefficient (Wildman–Crippen LogP) is 6.65. The second-order valence-electron chi connectivity index (χ2n) is 12.3. The van der Waals surface area contributed by atoms with Gasteiger partial charge in [-0.3, -0.25) is 0 Å². The normalized spacial score (nSPS) is 23.1. The standard InChI is InChI=1S/C31H46N2O5S/c1-5-31(3,4)15-10-26-20-27(28(39-26)29(34)35)33(21-23-8-6-22(2)7-9-23)24-11-16-32(17-12-24)30(36)38-25-13-18-37-19-14-25/h20,22-25H,5-9,11-14,16-19,21H2,1-4H3,(H,34,35). The van der Waals surface area contributed by atoms with E-state index in [2.05, 4.69) is 44.4 Å². The molecule has 1 N–H and O–H groups in total. The predicted molar refractivity (Wildman–Crippen MR) is 156 cm³/mol. The fourth-order valence-electron chi connectivity index (χ4n) is 5.73. The van der Waals surface area contributed by atoms with Gasteiger partial charge in [0.1, 0.15) is 11.0 Å². The highest BCUT2D eigenvalue weighted by Crippen LogP contribution is 2.37. The lowest BCUT2D eigenvalue weighted by atomic mass is 9.82. The SMILES string of the molecule is CCC(C)(C)C#Cc1cc(N(CC2CCC(C)CC2)C2CCN(C(=O)OC3CCOCC3)CC2)c(C(=O)O)s1. The summed E-state index contributed by atoms with van der Waals surface area (Å²) in [5.41, 5.74) is 0.686. The number of ether oxygens (including phenoxy) is 2. The molecule has 3 heterocycles. The first-order chi connectivity index (χ1) is 18.6. The molecule has 3 aliphatic rings. The molecule has 0 radical (unpaired) electrons. The molecule has 1 aromatic heterocycles. The number of hydrogen-bond donors (Lipinski definition) is 1. The molecule has 216 valence electrons. The highest BCUT2D eigenvalue weighted by Gasteiger charge is 2.33. The van der Waals surface area contributed by atoms with Gasteiger partial charge < -0.3 is 24.4 Å². The van der Waals surface area contributed by atoms with Gasteiger partial charge in [0.05, 0.1) is 23.8 Å². The van der Waals surface area contributed by atoms with Crippen molar-refractivity contribution in [1.29, 1.82) is 0 Å². The number of carboxylic acids is 1. The van der Waals surface area contributed by atoms with Gasteiger partial charge in [0.25, 0.3) is 0 Å². The number of nitrogens with zero attached hydrogens (tertiary/aromatic N) is 2. The number of likely N-dealkylation sites (tertiary alicyclic amines) is 1. The number of carbonyl (C=O) groups is 2. The molecule has 1 saturated carbocycles. The molecule has 0 spiro atoms. The van der Waals surface area contributed by atoms with Gasteiger partial charge >= 0.3 is 12.1 Å². The Morgan fingerprint density at radius 3 is 2.41 bits per heavy atom. The zero-order valence-corrected chi connectivity index (χ0v) is 25.0. The average molecular weight is 559 g/mol. The van der Waals surface area contributed by atoms with Gasteiger partial charge in [0.15, 0.2) is 0 Å². The van der Waals surface area contributed by atoms with Crippen LogP contribution in [0.3, 0.4) is 0 Å². The number of carbonyl (C=O) groups excluding carboxylic acids is 1. The Morgan fingerprint density at radius 1 is 1.13 bits per heavy atom. The van der Waals surface area contributed by atoms with E-state index in [0.717, 1.165) is 55.1 Å². The minimum absolute atomic E-state index is 0.0599. The summed E-state index contributed by atoms with van der Waals surface area (Å²) >= 11 is 1.29. The number of thiophene rings is 1. The molecule has 4 rings (SSSR count). The van der Waals surface area contributed by atoms with E-state index in [-0.39, 0.29) is 23.7 Å². The molecule has 39 heavy (non-hydrogen) atoms. The van der Waals surface area contributed by atoms with Crippen molar-refractivity contribution in [3.8, 4) is 11.8 Å². The Bertz CT molecular complexity index is 1040. The van der Waals surface area contributed by atoms with Crippen molar-refractivity contribution in [2.24, 2.45) is 17.3 Å². The maximum atomic E-state index is 12.8. The third kappa shape index (κ3) is 8.14. The van der Waals surface area contributed by atoms with Crippen molar-refractivity contribution in [1.82, 2.24) is 4.90 Å². The summed E-state index contributed by atoms with van der Waals surface area (Å²) in [5, 5.41) is 10.2. The van der Waals surface area contributed by atoms with Crippen LogP contribution in [0.1, 0.15) is 100 Å². The summed E-state index contributed by atoms with van der Waals surface area (Å²) in [6.45, 7) is 12.1. The van der Waals surface area contributed by atoms with Gasteiger partial charge in [-0.2, -0.15) is 0 Å². The first-order valence-corrected chi connectivity index (χ1v) is 15.7. The van der Waals surface area contributed by atoms with Gasteiger partial charge in [-0.15, -0.1) is 11.3 Å². The zero-order chi connectivity index (χ0) is 28.0. The van der Waals surface area contributed by atoms with E-state index in [1.807, 2.05) is 11.0 Å². The Labute approximate surface area is 238 Å². The Hall–Kier alpha value is -2.24. The molecule has 2 saturated heterocycles. The maximum Gasteiger partial charge on any atom is 0.410 e. The smallest absolute Gasteiger partial charge is 0.410 e. The molecule has 0 aromatic carbocycles. The molecule has 0 unspecified atom stereocenters. The molecular weight excluding hydrogens is 512 g/mol. The number of hydrogen-bond acceptors (Lipinski definition) is 6. The quantitative estimate of drug-likeness (QED) is 0.378. The number of piperidine rings is 1. The largest absolute Gasteiger partial charge is 0.477 e. The second kappa shape index (κ2) is 13.4. The van der Waals surface area contributed by atoms with E-state index in [1.54, 1.807) is 0 Å². The fraction of sp³-hybridized carbons (Fsp3) is 0.742. The van der Waals surface area contributed by atoms with Gasteiger partial charge in [0.2, 0.25) is 0 Å². The van der Waals surface area contributed by atoms with Crippen LogP contribution in [0.4, 0.5) is 10.5 Å². The van der Waals surface area contributed by atoms with Crippen LogP contribution in [0.25, 0.3) is 0 Å². The van der Waals surface area contributed by atoms with Gasteiger partial charge in [0, 0.05) is 43.9 Å². The topological polar surface area (TPSA) is 79.3 Å². The van der Waals surface area contributed by atoms with Crippen LogP contribution >= 0.6 is 11.3 Å². The van der Waals surface area contributed by atoms with Crippen LogP contribution in [0.2, 0.25) is 0 Å². The highest BCUT2D eigenvalue weighted by atomic mass is 32.1. The molecule has 3 fully saturated rings. The van der Waals surface area contributed by atoms with Gasteiger partial charge in [-0.25, -0.2) is 9.59 Å². The monoisotopic (exact) mass is 558 g/mol. The second-order valence-corrected chi connectivity index (χ2v) is 13.4. The van der Waals surface area contributed by atoms with Crippen LogP contribution in [0.5, 0.6) is 0 Å². The minimum atomic E-state index is -0.891. The number of carboxylic acid groups (broad SMARTS) is 1. The zero-order valence-electron chi connectivity index (χ0n) is 24.2. The van der Waals surface area contributed by atoms with Crippen LogP contribution < -0.4 is 4.90 Å². The molecular formula is C31H46N2O5S. The van der Waals surface area contributed by atoms with Crippen molar-refractivity contribution in [3.63, 3.8) is 0 Å². The van der Waals surface area contributed by atoms with E-state index in [9.17, 15) is 14.7 Å². The molecule has 1 aliphatic carbocycles. The third-order valence-corrected chi connectivity index (χ3v) is 9.84.